The second-order valence-electron chi connectivity index (χ2n) is 6.27. The summed E-state index contributed by atoms with van der Waals surface area (Å²) < 4.78 is 44.9. The lowest BCUT2D eigenvalue weighted by Gasteiger charge is -2.16. The topological polar surface area (TPSA) is 29.5 Å². The number of rotatable bonds is 4. The zero-order chi connectivity index (χ0) is 20.5. The van der Waals surface area contributed by atoms with E-state index in [1.807, 2.05) is 26.0 Å². The van der Waals surface area contributed by atoms with E-state index in [9.17, 15) is 18.0 Å². The van der Waals surface area contributed by atoms with Gasteiger partial charge in [0.05, 0.1) is 22.3 Å². The summed E-state index contributed by atoms with van der Waals surface area (Å²) >= 11 is 6.29. The van der Waals surface area contributed by atoms with Crippen molar-refractivity contribution in [2.45, 2.75) is 26.1 Å². The molecule has 0 aliphatic carbocycles. The van der Waals surface area contributed by atoms with E-state index in [4.69, 9.17) is 17.0 Å². The second kappa shape index (κ2) is 7.97. The first-order valence-electron chi connectivity index (χ1n) is 8.37. The first-order valence-corrected chi connectivity index (χ1v) is 9.60. The molecule has 0 radical (unpaired) electrons. The van der Waals surface area contributed by atoms with Crippen molar-refractivity contribution in [1.82, 2.24) is 0 Å². The maximum atomic E-state index is 13.0. The highest BCUT2D eigenvalue weighted by Gasteiger charge is 2.36. The lowest BCUT2D eigenvalue weighted by molar-refractivity contribution is -0.137. The average molecular weight is 423 g/mol. The number of carbonyl (C=O) groups is 1. The van der Waals surface area contributed by atoms with Gasteiger partial charge in [-0.2, -0.15) is 13.2 Å². The number of anilines is 1. The Labute approximate surface area is 170 Å². The molecule has 1 aliphatic heterocycles. The van der Waals surface area contributed by atoms with Gasteiger partial charge < -0.3 is 4.74 Å². The van der Waals surface area contributed by atoms with Gasteiger partial charge in [0.2, 0.25) is 0 Å². The average Bonchev–Trinajstić information content (AvgIpc) is 2.89. The van der Waals surface area contributed by atoms with Crippen molar-refractivity contribution >= 4 is 46.0 Å². The molecule has 0 N–H and O–H groups in total. The lowest BCUT2D eigenvalue weighted by atomic mass is 10.1. The van der Waals surface area contributed by atoms with E-state index in [0.717, 1.165) is 28.8 Å². The number of ether oxygens (including phenoxy) is 1. The van der Waals surface area contributed by atoms with Crippen LogP contribution in [0.2, 0.25) is 0 Å². The van der Waals surface area contributed by atoms with Crippen LogP contribution in [0.1, 0.15) is 25.0 Å². The van der Waals surface area contributed by atoms with Crippen molar-refractivity contribution in [3.05, 3.63) is 64.6 Å². The molecule has 0 bridgehead atoms. The Hall–Kier alpha value is -2.32. The van der Waals surface area contributed by atoms with Gasteiger partial charge in [-0.15, -0.1) is 0 Å². The highest BCUT2D eigenvalue weighted by molar-refractivity contribution is 8.27. The summed E-state index contributed by atoms with van der Waals surface area (Å²) in [5, 5.41) is 0. The molecule has 3 rings (SSSR count). The largest absolute Gasteiger partial charge is 0.490 e. The summed E-state index contributed by atoms with van der Waals surface area (Å²) in [6, 6.07) is 11.8. The van der Waals surface area contributed by atoms with E-state index in [1.54, 1.807) is 18.2 Å². The first-order chi connectivity index (χ1) is 13.2. The van der Waals surface area contributed by atoms with Gasteiger partial charge in [0, 0.05) is 5.56 Å². The predicted molar refractivity (Wildman–Crippen MR) is 109 cm³/mol. The molecule has 1 aliphatic rings. The third kappa shape index (κ3) is 4.39. The number of para-hydroxylation sites is 1. The monoisotopic (exact) mass is 423 g/mol. The minimum absolute atomic E-state index is 0.0471. The van der Waals surface area contributed by atoms with Gasteiger partial charge in [-0.25, -0.2) is 0 Å². The number of amides is 1. The van der Waals surface area contributed by atoms with Crippen molar-refractivity contribution in [2.75, 3.05) is 4.90 Å². The predicted octanol–water partition coefficient (Wildman–Crippen LogP) is 5.90. The van der Waals surface area contributed by atoms with Crippen LogP contribution >= 0.6 is 24.0 Å². The number of halogens is 3. The number of benzene rings is 2. The summed E-state index contributed by atoms with van der Waals surface area (Å²) in [5.74, 6) is 0.149. The van der Waals surface area contributed by atoms with Crippen molar-refractivity contribution in [1.29, 1.82) is 0 Å². The minimum Gasteiger partial charge on any atom is -0.490 e. The molecule has 0 unspecified atom stereocenters. The van der Waals surface area contributed by atoms with E-state index in [1.165, 1.54) is 12.1 Å². The molecule has 8 heteroatoms. The summed E-state index contributed by atoms with van der Waals surface area (Å²) in [6.45, 7) is 3.79. The fourth-order valence-electron chi connectivity index (χ4n) is 2.61. The van der Waals surface area contributed by atoms with Crippen LogP contribution in [0, 0.1) is 0 Å². The molecule has 1 fully saturated rings. The quantitative estimate of drug-likeness (QED) is 0.452. The van der Waals surface area contributed by atoms with Crippen LogP contribution < -0.4 is 9.64 Å². The van der Waals surface area contributed by atoms with E-state index < -0.39 is 17.6 Å². The third-order valence-electron chi connectivity index (χ3n) is 3.79. The van der Waals surface area contributed by atoms with Crippen LogP contribution in [0.25, 0.3) is 6.08 Å². The van der Waals surface area contributed by atoms with Crippen molar-refractivity contribution in [2.24, 2.45) is 0 Å². The molecule has 28 heavy (non-hydrogen) atoms. The van der Waals surface area contributed by atoms with Gasteiger partial charge in [0.15, 0.2) is 4.32 Å². The van der Waals surface area contributed by atoms with Crippen LogP contribution in [-0.2, 0) is 11.0 Å². The van der Waals surface area contributed by atoms with Crippen molar-refractivity contribution in [3.63, 3.8) is 0 Å². The molecular weight excluding hydrogens is 407 g/mol. The molecule has 0 atom stereocenters. The van der Waals surface area contributed by atoms with E-state index in [-0.39, 0.29) is 16.1 Å². The molecule has 2 aromatic rings. The highest BCUT2D eigenvalue weighted by atomic mass is 32.2. The number of alkyl halides is 3. The molecule has 3 nitrogen and oxygen atoms in total. The number of nitrogens with zero attached hydrogens (tertiary/aromatic N) is 1. The Kier molecular flexibility index (Phi) is 5.81. The smallest absolute Gasteiger partial charge is 0.416 e. The first kappa shape index (κ1) is 20.4. The minimum atomic E-state index is -4.50. The molecule has 0 spiro atoms. The molecule has 0 aromatic heterocycles. The van der Waals surface area contributed by atoms with Crippen molar-refractivity contribution < 1.29 is 22.7 Å². The Morgan fingerprint density at radius 3 is 2.54 bits per heavy atom. The highest BCUT2D eigenvalue weighted by Crippen LogP contribution is 2.39. The standard InChI is InChI=1S/C20H16F3NO2S2/c1-12(2)26-16-9-4-3-6-13(16)10-17-18(25)24(19(27)28-17)15-8-5-7-14(11-15)20(21,22)23/h3-12H,1-2H3/b17-10+. The Balaban J connectivity index is 1.94. The third-order valence-corrected chi connectivity index (χ3v) is 5.10. The van der Waals surface area contributed by atoms with Gasteiger partial charge in [0.25, 0.3) is 5.91 Å². The molecule has 146 valence electrons. The van der Waals surface area contributed by atoms with Gasteiger partial charge in [-0.05, 0) is 44.2 Å². The van der Waals surface area contributed by atoms with Crippen LogP contribution in [0.4, 0.5) is 18.9 Å². The number of carbonyl (C=O) groups excluding carboxylic acids is 1. The fraction of sp³-hybridized carbons (Fsp3) is 0.200. The van der Waals surface area contributed by atoms with Crippen LogP contribution in [-0.4, -0.2) is 16.3 Å². The molecule has 1 amide bonds. The Morgan fingerprint density at radius 1 is 1.14 bits per heavy atom. The summed E-state index contributed by atoms with van der Waals surface area (Å²) in [4.78, 5) is 14.3. The summed E-state index contributed by atoms with van der Waals surface area (Å²) in [7, 11) is 0. The Bertz CT molecular complexity index is 954. The fourth-order valence-corrected chi connectivity index (χ4v) is 3.90. The van der Waals surface area contributed by atoms with Gasteiger partial charge in [-0.1, -0.05) is 48.2 Å². The van der Waals surface area contributed by atoms with Crippen LogP contribution in [0.15, 0.2) is 53.4 Å². The lowest BCUT2D eigenvalue weighted by Crippen LogP contribution is -2.27. The SMILES string of the molecule is CC(C)Oc1ccccc1/C=C1/SC(=S)N(c2cccc(C(F)(F)F)c2)C1=O. The second-order valence-corrected chi connectivity index (χ2v) is 7.95. The van der Waals surface area contributed by atoms with Gasteiger partial charge in [0.1, 0.15) is 5.75 Å². The summed E-state index contributed by atoms with van der Waals surface area (Å²) in [6.07, 6.45) is -2.90. The zero-order valence-corrected chi connectivity index (χ0v) is 16.6. The maximum absolute atomic E-state index is 13.0. The normalized spacial score (nSPS) is 16.4. The van der Waals surface area contributed by atoms with Crippen LogP contribution in [0.5, 0.6) is 5.75 Å². The molecule has 2 aromatic carbocycles. The number of hydrogen-bond donors (Lipinski definition) is 0. The number of thiocarbonyl (C=S) groups is 1. The maximum Gasteiger partial charge on any atom is 0.416 e. The van der Waals surface area contributed by atoms with Gasteiger partial charge in [-0.3, -0.25) is 9.69 Å². The number of thioether (sulfide) groups is 1. The van der Waals surface area contributed by atoms with Gasteiger partial charge >= 0.3 is 6.18 Å². The molecule has 0 saturated carbocycles. The van der Waals surface area contributed by atoms with Crippen LogP contribution in [0.3, 0.4) is 0 Å². The van der Waals surface area contributed by atoms with E-state index >= 15 is 0 Å². The number of hydrogen-bond acceptors (Lipinski definition) is 4. The Morgan fingerprint density at radius 2 is 1.86 bits per heavy atom. The van der Waals surface area contributed by atoms with Crippen molar-refractivity contribution in [3.8, 4) is 5.75 Å². The molecule has 1 heterocycles. The molecular formula is C20H16F3NO2S2. The zero-order valence-electron chi connectivity index (χ0n) is 15.0. The summed E-state index contributed by atoms with van der Waals surface area (Å²) in [5.41, 5.74) is -0.0492. The molecule has 1 saturated heterocycles. The van der Waals surface area contributed by atoms with E-state index in [0.29, 0.717) is 16.2 Å². The van der Waals surface area contributed by atoms with E-state index in [2.05, 4.69) is 0 Å².